The molecule has 2 rings (SSSR count). The van der Waals surface area contributed by atoms with E-state index >= 15 is 0 Å². The highest BCUT2D eigenvalue weighted by Gasteiger charge is 2.41. The Labute approximate surface area is 347 Å². The third kappa shape index (κ3) is 16.0. The second-order valence-electron chi connectivity index (χ2n) is 16.6. The maximum atomic E-state index is 13.5. The molecule has 1 unspecified atom stereocenters. The van der Waals surface area contributed by atoms with Gasteiger partial charge in [0.25, 0.3) is 0 Å². The maximum absolute atomic E-state index is 13.5. The Kier molecular flexibility index (Phi) is 23.4. The molecule has 2 aliphatic rings. The first kappa shape index (κ1) is 51.4. The molecule has 0 aromatic carbocycles. The number of aliphatic hydroxyl groups excluding tert-OH is 3. The molecule has 2 bridgehead atoms. The van der Waals surface area contributed by atoms with Gasteiger partial charge in [0.05, 0.1) is 55.4 Å². The van der Waals surface area contributed by atoms with Gasteiger partial charge in [0.2, 0.25) is 6.41 Å². The van der Waals surface area contributed by atoms with Crippen LogP contribution in [0.2, 0.25) is 0 Å². The number of aliphatic hydroxyl groups is 3. The SMILES string of the molecule is CO[C@H]([C@H](C)/C=C/N(C)C=O)[C@@H](C)C(=O)CC[C@H](C)[C@H](O)[C@H](C)[C@H]1OC(=O)/C=C/C(C)=C/C[C@H](O)C[C@@H]2C=CC[C@@H](C[C@H](OC)C(CO)[C@@H](OC)C[C@@H](OC)[C@@H]1C)O2. The van der Waals surface area contributed by atoms with Gasteiger partial charge in [-0.15, -0.1) is 0 Å². The minimum Gasteiger partial charge on any atom is -0.458 e. The van der Waals surface area contributed by atoms with Crippen LogP contribution >= 0.6 is 0 Å². The summed E-state index contributed by atoms with van der Waals surface area (Å²) in [5, 5.41) is 33.4. The fourth-order valence-electron chi connectivity index (χ4n) is 8.38. The molecule has 0 saturated carbocycles. The van der Waals surface area contributed by atoms with Crippen LogP contribution in [0.1, 0.15) is 86.5 Å². The van der Waals surface area contributed by atoms with Crippen molar-refractivity contribution in [3.05, 3.63) is 48.2 Å². The summed E-state index contributed by atoms with van der Waals surface area (Å²) in [4.78, 5) is 39.3. The van der Waals surface area contributed by atoms with Crippen molar-refractivity contribution in [3.63, 3.8) is 0 Å². The van der Waals surface area contributed by atoms with E-state index < -0.39 is 72.4 Å². The lowest BCUT2D eigenvalue weighted by atomic mass is 9.78. The van der Waals surface area contributed by atoms with Crippen LogP contribution in [0, 0.1) is 35.5 Å². The fraction of sp³-hybridized carbons (Fsp3) is 0.756. The summed E-state index contributed by atoms with van der Waals surface area (Å²) >= 11 is 0. The molecule has 13 heteroatoms. The van der Waals surface area contributed by atoms with E-state index in [0.29, 0.717) is 44.9 Å². The first-order valence-electron chi connectivity index (χ1n) is 20.9. The van der Waals surface area contributed by atoms with Crippen molar-refractivity contribution < 1.29 is 58.1 Å². The third-order valence-corrected chi connectivity index (χ3v) is 12.3. The van der Waals surface area contributed by atoms with Crippen molar-refractivity contribution in [1.82, 2.24) is 4.90 Å². The number of allylic oxidation sites excluding steroid dienone is 2. The van der Waals surface area contributed by atoms with Crippen molar-refractivity contribution in [2.24, 2.45) is 35.5 Å². The van der Waals surface area contributed by atoms with Gasteiger partial charge in [-0.2, -0.15) is 0 Å². The molecule has 13 nitrogen and oxygen atoms in total. The number of carbonyl (C=O) groups excluding carboxylic acids is 3. The Morgan fingerprint density at radius 1 is 1.00 bits per heavy atom. The molecule has 15 atom stereocenters. The molecule has 0 spiro atoms. The molecular weight excluding hydrogens is 746 g/mol. The average Bonchev–Trinajstić information content (AvgIpc) is 3.22. The number of rotatable bonds is 17. The zero-order valence-corrected chi connectivity index (χ0v) is 36.9. The predicted molar refractivity (Wildman–Crippen MR) is 222 cm³/mol. The zero-order valence-electron chi connectivity index (χ0n) is 36.9. The highest BCUT2D eigenvalue weighted by molar-refractivity contribution is 5.82. The topological polar surface area (TPSA) is 171 Å². The summed E-state index contributed by atoms with van der Waals surface area (Å²) in [6.07, 6.45) is 11.2. The van der Waals surface area contributed by atoms with Crippen molar-refractivity contribution in [2.45, 2.75) is 141 Å². The number of Topliss-reactive ketones (excluding diaryl/α,β-unsaturated/α-hetero) is 1. The molecule has 0 saturated heterocycles. The first-order valence-corrected chi connectivity index (χ1v) is 20.9. The quantitative estimate of drug-likeness (QED) is 0.0997. The molecule has 332 valence electrons. The molecule has 1 amide bonds. The Morgan fingerprint density at radius 2 is 1.66 bits per heavy atom. The van der Waals surface area contributed by atoms with Gasteiger partial charge >= 0.3 is 5.97 Å². The Bertz CT molecular complexity index is 1350. The van der Waals surface area contributed by atoms with Gasteiger partial charge in [-0.3, -0.25) is 9.59 Å². The van der Waals surface area contributed by atoms with Crippen molar-refractivity contribution in [3.8, 4) is 0 Å². The van der Waals surface area contributed by atoms with Gasteiger partial charge in [-0.25, -0.2) is 4.79 Å². The van der Waals surface area contributed by atoms with Gasteiger partial charge in [-0.1, -0.05) is 70.6 Å². The molecule has 0 aromatic heterocycles. The summed E-state index contributed by atoms with van der Waals surface area (Å²) in [7, 11) is 7.97. The zero-order chi connectivity index (χ0) is 43.5. The van der Waals surface area contributed by atoms with Gasteiger partial charge in [0.1, 0.15) is 11.9 Å². The number of ether oxygens (including phenoxy) is 6. The van der Waals surface area contributed by atoms with E-state index in [1.54, 1.807) is 47.8 Å². The van der Waals surface area contributed by atoms with E-state index in [-0.39, 0.29) is 42.9 Å². The number of cyclic esters (lactones) is 1. The highest BCUT2D eigenvalue weighted by Crippen LogP contribution is 2.34. The van der Waals surface area contributed by atoms with Crippen molar-refractivity contribution in [2.75, 3.05) is 42.1 Å². The van der Waals surface area contributed by atoms with Crippen LogP contribution in [0.3, 0.4) is 0 Å². The third-order valence-electron chi connectivity index (χ3n) is 12.3. The van der Waals surface area contributed by atoms with Gasteiger partial charge in [-0.05, 0) is 32.1 Å². The van der Waals surface area contributed by atoms with E-state index in [0.717, 1.165) is 5.57 Å². The summed E-state index contributed by atoms with van der Waals surface area (Å²) in [5.41, 5.74) is 0.777. The van der Waals surface area contributed by atoms with Crippen LogP contribution in [-0.2, 0) is 42.8 Å². The summed E-state index contributed by atoms with van der Waals surface area (Å²) in [6, 6.07) is 0. The largest absolute Gasteiger partial charge is 0.458 e. The smallest absolute Gasteiger partial charge is 0.331 e. The molecule has 2 aliphatic heterocycles. The number of methoxy groups -OCH3 is 4. The van der Waals surface area contributed by atoms with Gasteiger partial charge < -0.3 is 48.6 Å². The Balaban J connectivity index is 2.39. The lowest BCUT2D eigenvalue weighted by Gasteiger charge is -2.39. The van der Waals surface area contributed by atoms with Crippen LogP contribution in [0.15, 0.2) is 48.2 Å². The van der Waals surface area contributed by atoms with E-state index in [1.807, 2.05) is 59.8 Å². The van der Waals surface area contributed by atoms with Crippen LogP contribution < -0.4 is 0 Å². The number of carbonyl (C=O) groups is 3. The number of hydrogen-bond acceptors (Lipinski definition) is 12. The van der Waals surface area contributed by atoms with E-state index in [1.165, 1.54) is 11.0 Å². The molecule has 3 N–H and O–H groups in total. The van der Waals surface area contributed by atoms with Crippen LogP contribution in [0.5, 0.6) is 0 Å². The first-order chi connectivity index (χ1) is 27.5. The molecule has 0 aromatic rings. The fourth-order valence-corrected chi connectivity index (χ4v) is 8.38. The number of amides is 1. The van der Waals surface area contributed by atoms with Crippen LogP contribution in [0.25, 0.3) is 0 Å². The molecule has 0 aliphatic carbocycles. The van der Waals surface area contributed by atoms with Crippen LogP contribution in [0.4, 0.5) is 0 Å². The normalized spacial score (nSPS) is 32.8. The monoisotopic (exact) mass is 822 g/mol. The second-order valence-corrected chi connectivity index (χ2v) is 16.6. The average molecular weight is 822 g/mol. The van der Waals surface area contributed by atoms with Crippen molar-refractivity contribution >= 4 is 18.2 Å². The molecule has 0 radical (unpaired) electrons. The number of nitrogens with zero attached hydrogens (tertiary/aromatic N) is 1. The molecule has 58 heavy (non-hydrogen) atoms. The highest BCUT2D eigenvalue weighted by atomic mass is 16.5. The lowest BCUT2D eigenvalue weighted by Crippen LogP contribution is -2.47. The lowest BCUT2D eigenvalue weighted by molar-refractivity contribution is -0.159. The summed E-state index contributed by atoms with van der Waals surface area (Å²) in [6.45, 7) is 11.0. The number of ketones is 1. The Morgan fingerprint density at radius 3 is 2.26 bits per heavy atom. The van der Waals surface area contributed by atoms with E-state index in [4.69, 9.17) is 28.4 Å². The van der Waals surface area contributed by atoms with Gasteiger partial charge in [0, 0.05) is 103 Å². The van der Waals surface area contributed by atoms with Crippen molar-refractivity contribution in [1.29, 1.82) is 0 Å². The predicted octanol–water partition coefficient (Wildman–Crippen LogP) is 5.21. The number of esters is 1. The molecular formula is C45H75NO12. The second kappa shape index (κ2) is 26.5. The summed E-state index contributed by atoms with van der Waals surface area (Å²) in [5.74, 6) is -2.97. The molecule has 2 heterocycles. The maximum Gasteiger partial charge on any atom is 0.331 e. The standard InChI is InChI=1S/C45H75NO12/c1-28-15-18-34(49)23-35-13-12-14-36(57-35)24-40(54-9)37(26-47)41(55-10)25-39(53-8)32(5)45(58-42(51)20-16-28)33(6)43(52)29(2)17-19-38(50)31(4)44(56-11)30(3)21-22-46(7)27-48/h12-13,15-16,20-22,27,29-37,39-41,43-45,47,49,52H,14,17-19,23-26H2,1-11H3/b20-16+,22-21+,28-15+/t29-,30+,31-,32-,33-,34-,35-,36-,37?,39+,40-,41-,43-,44+,45-/m0/s1. The minimum absolute atomic E-state index is 0.00449. The molecule has 0 fully saturated rings. The number of hydrogen-bond donors (Lipinski definition) is 3. The Hall–Kier alpha value is -2.75. The van der Waals surface area contributed by atoms with Crippen LogP contribution in [-0.4, -0.2) is 135 Å². The van der Waals surface area contributed by atoms with Gasteiger partial charge in [0.15, 0.2) is 0 Å². The number of fused-ring (bicyclic) bond motifs is 2. The van der Waals surface area contributed by atoms with E-state index in [9.17, 15) is 29.7 Å². The minimum atomic E-state index is -0.952. The summed E-state index contributed by atoms with van der Waals surface area (Å²) < 4.78 is 36.3. The van der Waals surface area contributed by atoms with E-state index in [2.05, 4.69) is 6.08 Å².